The van der Waals surface area contributed by atoms with Gasteiger partial charge in [0.15, 0.2) is 5.13 Å². The van der Waals surface area contributed by atoms with Gasteiger partial charge in [0.2, 0.25) is 5.76 Å². The molecule has 4 rings (SSSR count). The van der Waals surface area contributed by atoms with Crippen molar-refractivity contribution in [3.63, 3.8) is 0 Å². The summed E-state index contributed by atoms with van der Waals surface area (Å²) in [5.41, 5.74) is 3.70. The van der Waals surface area contributed by atoms with Gasteiger partial charge >= 0.3 is 0 Å². The van der Waals surface area contributed by atoms with Crippen LogP contribution in [0.3, 0.4) is 0 Å². The average Bonchev–Trinajstić information content (AvgIpc) is 3.32. The highest BCUT2D eigenvalue weighted by molar-refractivity contribution is 7.22. The van der Waals surface area contributed by atoms with E-state index in [4.69, 9.17) is 4.52 Å². The van der Waals surface area contributed by atoms with Crippen LogP contribution in [0.15, 0.2) is 59.1 Å². The maximum atomic E-state index is 12.2. The van der Waals surface area contributed by atoms with E-state index >= 15 is 0 Å². The van der Waals surface area contributed by atoms with Gasteiger partial charge in [-0.25, -0.2) is 4.98 Å². The molecular formula is C20H18N4O2S. The molecule has 0 radical (unpaired) electrons. The highest BCUT2D eigenvalue weighted by atomic mass is 32.1. The van der Waals surface area contributed by atoms with Gasteiger partial charge in [-0.2, -0.15) is 0 Å². The Bertz CT molecular complexity index is 1040. The molecule has 0 bridgehead atoms. The highest BCUT2D eigenvalue weighted by Gasteiger charge is 2.13. The van der Waals surface area contributed by atoms with Gasteiger partial charge in [0, 0.05) is 24.7 Å². The van der Waals surface area contributed by atoms with Gasteiger partial charge in [-0.05, 0) is 19.1 Å². The van der Waals surface area contributed by atoms with Crippen molar-refractivity contribution in [2.45, 2.75) is 6.92 Å². The molecule has 0 aliphatic rings. The Morgan fingerprint density at radius 2 is 1.93 bits per heavy atom. The first kappa shape index (κ1) is 17.2. The predicted octanol–water partition coefficient (Wildman–Crippen LogP) is 4.10. The second kappa shape index (κ2) is 7.59. The van der Waals surface area contributed by atoms with Crippen LogP contribution in [0.5, 0.6) is 0 Å². The number of hydrogen-bond donors (Lipinski definition) is 2. The van der Waals surface area contributed by atoms with Gasteiger partial charge in [-0.3, -0.25) is 4.79 Å². The van der Waals surface area contributed by atoms with E-state index in [1.807, 2.05) is 55.5 Å². The molecule has 27 heavy (non-hydrogen) atoms. The molecule has 0 saturated heterocycles. The van der Waals surface area contributed by atoms with Gasteiger partial charge in [0.25, 0.3) is 5.91 Å². The first-order chi connectivity index (χ1) is 13.2. The summed E-state index contributed by atoms with van der Waals surface area (Å²) < 4.78 is 6.31. The lowest BCUT2D eigenvalue weighted by molar-refractivity contribution is 0.0918. The highest BCUT2D eigenvalue weighted by Crippen LogP contribution is 2.25. The molecule has 6 nitrogen and oxygen atoms in total. The molecule has 0 atom stereocenters. The summed E-state index contributed by atoms with van der Waals surface area (Å²) in [6.45, 7) is 3.05. The van der Waals surface area contributed by atoms with E-state index in [-0.39, 0.29) is 11.7 Å². The van der Waals surface area contributed by atoms with E-state index in [1.165, 1.54) is 5.56 Å². The molecule has 136 valence electrons. The van der Waals surface area contributed by atoms with Crippen LogP contribution in [-0.2, 0) is 0 Å². The molecule has 0 aliphatic heterocycles. The van der Waals surface area contributed by atoms with Crippen LogP contribution >= 0.6 is 11.3 Å². The number of hydrogen-bond acceptors (Lipinski definition) is 6. The minimum atomic E-state index is -0.285. The number of benzene rings is 2. The van der Waals surface area contributed by atoms with Crippen LogP contribution in [0.1, 0.15) is 16.1 Å². The van der Waals surface area contributed by atoms with E-state index in [0.717, 1.165) is 20.9 Å². The van der Waals surface area contributed by atoms with Gasteiger partial charge in [0.05, 0.1) is 10.2 Å². The van der Waals surface area contributed by atoms with Gasteiger partial charge in [0.1, 0.15) is 5.69 Å². The molecule has 0 unspecified atom stereocenters. The number of anilines is 1. The van der Waals surface area contributed by atoms with E-state index < -0.39 is 0 Å². The molecule has 2 heterocycles. The number of para-hydroxylation sites is 1. The zero-order valence-electron chi connectivity index (χ0n) is 14.7. The summed E-state index contributed by atoms with van der Waals surface area (Å²) >= 11 is 1.59. The third-order valence-corrected chi connectivity index (χ3v) is 5.06. The molecule has 0 aliphatic carbocycles. The molecule has 2 N–H and O–H groups in total. The molecule has 0 spiro atoms. The summed E-state index contributed by atoms with van der Waals surface area (Å²) in [6, 6.07) is 17.5. The monoisotopic (exact) mass is 378 g/mol. The standard InChI is InChI=1S/C20H18N4O2S/c1-13-6-8-14(9-7-13)16-12-17(26-24-16)19(25)21-10-11-22-20-23-15-4-2-3-5-18(15)27-20/h2-9,12H,10-11H2,1H3,(H,21,25)(H,22,23). The van der Waals surface area contributed by atoms with E-state index in [9.17, 15) is 4.79 Å². The average molecular weight is 378 g/mol. The maximum Gasteiger partial charge on any atom is 0.289 e. The topological polar surface area (TPSA) is 80.0 Å². The van der Waals surface area contributed by atoms with Gasteiger partial charge in [-0.15, -0.1) is 0 Å². The number of aromatic nitrogens is 2. The van der Waals surface area contributed by atoms with E-state index in [0.29, 0.717) is 18.8 Å². The Morgan fingerprint density at radius 3 is 2.74 bits per heavy atom. The molecule has 0 saturated carbocycles. The summed E-state index contributed by atoms with van der Waals surface area (Å²) in [7, 11) is 0. The zero-order chi connectivity index (χ0) is 18.6. The summed E-state index contributed by atoms with van der Waals surface area (Å²) in [4.78, 5) is 16.7. The second-order valence-electron chi connectivity index (χ2n) is 6.11. The Kier molecular flexibility index (Phi) is 4.84. The SMILES string of the molecule is Cc1ccc(-c2cc(C(=O)NCCNc3nc4ccccc4s3)on2)cc1. The van der Waals surface area contributed by atoms with Crippen molar-refractivity contribution in [1.82, 2.24) is 15.5 Å². The van der Waals surface area contributed by atoms with Crippen molar-refractivity contribution in [1.29, 1.82) is 0 Å². The van der Waals surface area contributed by atoms with Crippen molar-refractivity contribution in [3.8, 4) is 11.3 Å². The van der Waals surface area contributed by atoms with Crippen LogP contribution < -0.4 is 10.6 Å². The molecule has 4 aromatic rings. The number of rotatable bonds is 6. The first-order valence-corrected chi connectivity index (χ1v) is 9.42. The molecular weight excluding hydrogens is 360 g/mol. The fourth-order valence-corrected chi connectivity index (χ4v) is 3.51. The number of carbonyl (C=O) groups excluding carboxylic acids is 1. The summed E-state index contributed by atoms with van der Waals surface area (Å²) in [6.07, 6.45) is 0. The molecule has 1 amide bonds. The lowest BCUT2D eigenvalue weighted by atomic mass is 10.1. The van der Waals surface area contributed by atoms with E-state index in [1.54, 1.807) is 17.4 Å². The van der Waals surface area contributed by atoms with Crippen LogP contribution in [-0.4, -0.2) is 29.1 Å². The van der Waals surface area contributed by atoms with E-state index in [2.05, 4.69) is 20.8 Å². The minimum absolute atomic E-state index is 0.200. The summed E-state index contributed by atoms with van der Waals surface area (Å²) in [5.74, 6) is -0.0856. The number of nitrogens with one attached hydrogen (secondary N) is 2. The van der Waals surface area contributed by atoms with Crippen molar-refractivity contribution < 1.29 is 9.32 Å². The number of carbonyl (C=O) groups is 1. The quantitative estimate of drug-likeness (QED) is 0.494. The van der Waals surface area contributed by atoms with Crippen LogP contribution in [0, 0.1) is 6.92 Å². The van der Waals surface area contributed by atoms with Crippen LogP contribution in [0.2, 0.25) is 0 Å². The number of thiazole rings is 1. The Labute approximate surface area is 160 Å². The third kappa shape index (κ3) is 3.98. The number of fused-ring (bicyclic) bond motifs is 1. The molecule has 7 heteroatoms. The number of nitrogens with zero attached hydrogens (tertiary/aromatic N) is 2. The lowest BCUT2D eigenvalue weighted by Gasteiger charge is -2.03. The Balaban J connectivity index is 1.30. The fraction of sp³-hybridized carbons (Fsp3) is 0.150. The normalized spacial score (nSPS) is 10.9. The van der Waals surface area contributed by atoms with Crippen LogP contribution in [0.25, 0.3) is 21.5 Å². The number of aryl methyl sites for hydroxylation is 1. The van der Waals surface area contributed by atoms with Gasteiger partial charge < -0.3 is 15.2 Å². The first-order valence-electron chi connectivity index (χ1n) is 8.60. The predicted molar refractivity (Wildman–Crippen MR) is 107 cm³/mol. The largest absolute Gasteiger partial charge is 0.360 e. The fourth-order valence-electron chi connectivity index (χ4n) is 2.62. The third-order valence-electron chi connectivity index (χ3n) is 4.06. The maximum absolute atomic E-state index is 12.2. The molecule has 0 fully saturated rings. The lowest BCUT2D eigenvalue weighted by Crippen LogP contribution is -2.28. The van der Waals surface area contributed by atoms with Crippen molar-refractivity contribution in [2.24, 2.45) is 0 Å². The van der Waals surface area contributed by atoms with Crippen molar-refractivity contribution in [3.05, 3.63) is 65.9 Å². The van der Waals surface area contributed by atoms with Crippen molar-refractivity contribution >= 4 is 32.6 Å². The van der Waals surface area contributed by atoms with Gasteiger partial charge in [-0.1, -0.05) is 58.5 Å². The van der Waals surface area contributed by atoms with Crippen LogP contribution in [0.4, 0.5) is 5.13 Å². The minimum Gasteiger partial charge on any atom is -0.360 e. The molecule has 2 aromatic heterocycles. The zero-order valence-corrected chi connectivity index (χ0v) is 15.5. The Hall–Kier alpha value is -3.19. The number of amides is 1. The van der Waals surface area contributed by atoms with Crippen molar-refractivity contribution in [2.75, 3.05) is 18.4 Å². The second-order valence-corrected chi connectivity index (χ2v) is 7.14. The smallest absolute Gasteiger partial charge is 0.289 e. The Morgan fingerprint density at radius 1 is 1.11 bits per heavy atom. The molecule has 2 aromatic carbocycles. The summed E-state index contributed by atoms with van der Waals surface area (Å²) in [5, 5.41) is 10.9.